The standard InChI is InChI=1S/C22H21ClN6O3/c1-3-16(30)29-8-6-13(7-9-29)26-19(17-18(24)22(31)28-27-21(17)25)20-11(2)14-10-12(23)4-5-15(14)32-20/h1,4-5,10,13,24,26H,6-9H2,2H3,(H2,25,27)(H,28,31)/b19-17+,24-18?. The van der Waals surface area contributed by atoms with E-state index < -0.39 is 5.91 Å². The Morgan fingerprint density at radius 2 is 2.16 bits per heavy atom. The Bertz CT molecular complexity index is 1240. The predicted molar refractivity (Wildman–Crippen MR) is 122 cm³/mol. The summed E-state index contributed by atoms with van der Waals surface area (Å²) in [4.78, 5) is 25.6. The number of likely N-dealkylation sites (tertiary alicyclic amines) is 1. The number of terminal acetylenes is 1. The maximum absolute atomic E-state index is 12.2. The smallest absolute Gasteiger partial charge is 0.298 e. The van der Waals surface area contributed by atoms with Gasteiger partial charge >= 0.3 is 0 Å². The number of piperidine rings is 1. The highest BCUT2D eigenvalue weighted by molar-refractivity contribution is 6.53. The van der Waals surface area contributed by atoms with Crippen molar-refractivity contribution in [1.82, 2.24) is 15.6 Å². The third-order valence-corrected chi connectivity index (χ3v) is 5.88. The first-order chi connectivity index (χ1) is 15.3. The Kier molecular flexibility index (Phi) is 5.63. The highest BCUT2D eigenvalue weighted by Crippen LogP contribution is 2.33. The molecule has 2 aliphatic rings. The molecule has 0 bridgehead atoms. The lowest BCUT2D eigenvalue weighted by atomic mass is 9.98. The number of carbonyl (C=O) groups is 2. The number of benzene rings is 1. The molecule has 1 aromatic heterocycles. The van der Waals surface area contributed by atoms with Crippen LogP contribution >= 0.6 is 11.6 Å². The Balaban J connectivity index is 1.78. The number of amides is 2. The minimum absolute atomic E-state index is 0.00469. The number of halogens is 1. The summed E-state index contributed by atoms with van der Waals surface area (Å²) in [7, 11) is 0. The van der Waals surface area contributed by atoms with E-state index in [1.165, 1.54) is 0 Å². The van der Waals surface area contributed by atoms with Crippen molar-refractivity contribution in [3.05, 3.63) is 40.1 Å². The van der Waals surface area contributed by atoms with E-state index in [9.17, 15) is 9.59 Å². The van der Waals surface area contributed by atoms with Gasteiger partial charge in [-0.1, -0.05) is 11.6 Å². The number of rotatable bonds is 3. The lowest BCUT2D eigenvalue weighted by Gasteiger charge is -2.33. The molecule has 5 N–H and O–H groups in total. The zero-order chi connectivity index (χ0) is 23.0. The van der Waals surface area contributed by atoms with Gasteiger partial charge in [0, 0.05) is 35.1 Å². The Morgan fingerprint density at radius 3 is 2.84 bits per heavy atom. The molecule has 0 atom stereocenters. The fourth-order valence-electron chi connectivity index (χ4n) is 3.92. The van der Waals surface area contributed by atoms with Crippen LogP contribution in [0.3, 0.4) is 0 Å². The van der Waals surface area contributed by atoms with Crippen molar-refractivity contribution in [2.24, 2.45) is 10.8 Å². The van der Waals surface area contributed by atoms with E-state index in [1.807, 2.05) is 6.92 Å². The number of aryl methyl sites for hydroxylation is 1. The molecule has 0 unspecified atom stereocenters. The summed E-state index contributed by atoms with van der Waals surface area (Å²) >= 11 is 6.16. The van der Waals surface area contributed by atoms with Crippen molar-refractivity contribution >= 4 is 51.6 Å². The average Bonchev–Trinajstić information content (AvgIpc) is 3.11. The minimum atomic E-state index is -0.667. The SMILES string of the molecule is C#CC(=O)N1CCC(N/C(=C2\C(=N)C(=O)NN=C2N)c2oc3ccc(Cl)cc3c2C)CC1. The summed E-state index contributed by atoms with van der Waals surface area (Å²) in [5, 5.41) is 16.9. The molecule has 1 aromatic carbocycles. The topological polar surface area (TPSA) is 137 Å². The number of nitrogens with two attached hydrogens (primary N) is 1. The van der Waals surface area contributed by atoms with Crippen LogP contribution in [0.5, 0.6) is 0 Å². The average molecular weight is 453 g/mol. The number of carbonyl (C=O) groups excluding carboxylic acids is 2. The molecule has 1 saturated heterocycles. The van der Waals surface area contributed by atoms with Gasteiger partial charge < -0.3 is 20.4 Å². The highest BCUT2D eigenvalue weighted by atomic mass is 35.5. The van der Waals surface area contributed by atoms with Gasteiger partial charge in [0.1, 0.15) is 11.3 Å². The van der Waals surface area contributed by atoms with Crippen molar-refractivity contribution < 1.29 is 14.0 Å². The zero-order valence-corrected chi connectivity index (χ0v) is 18.0. The van der Waals surface area contributed by atoms with Gasteiger partial charge in [-0.05, 0) is 43.9 Å². The van der Waals surface area contributed by atoms with Crippen molar-refractivity contribution in [3.63, 3.8) is 0 Å². The quantitative estimate of drug-likeness (QED) is 0.526. The highest BCUT2D eigenvalue weighted by Gasteiger charge is 2.32. The molecule has 0 radical (unpaired) electrons. The number of furan rings is 1. The van der Waals surface area contributed by atoms with Crippen LogP contribution in [-0.4, -0.2) is 47.4 Å². The maximum atomic E-state index is 12.2. The summed E-state index contributed by atoms with van der Waals surface area (Å²) in [6, 6.07) is 5.21. The molecular weight excluding hydrogens is 432 g/mol. The lowest BCUT2D eigenvalue weighted by Crippen LogP contribution is -2.46. The number of hydrogen-bond donors (Lipinski definition) is 4. The van der Waals surface area contributed by atoms with Gasteiger partial charge in [0.05, 0.1) is 11.3 Å². The van der Waals surface area contributed by atoms with E-state index in [2.05, 4.69) is 21.8 Å². The van der Waals surface area contributed by atoms with E-state index in [4.69, 9.17) is 33.6 Å². The van der Waals surface area contributed by atoms with Crippen molar-refractivity contribution in [1.29, 1.82) is 5.41 Å². The fraction of sp³-hybridized carbons (Fsp3) is 0.273. The Labute approximate surface area is 189 Å². The van der Waals surface area contributed by atoms with E-state index in [0.717, 1.165) is 10.9 Å². The van der Waals surface area contributed by atoms with Crippen molar-refractivity contribution in [2.75, 3.05) is 13.1 Å². The second-order valence-corrected chi connectivity index (χ2v) is 8.05. The number of nitrogens with zero attached hydrogens (tertiary/aromatic N) is 2. The number of fused-ring (bicyclic) bond motifs is 1. The first kappa shape index (κ1) is 21.5. The number of nitrogens with one attached hydrogen (secondary N) is 3. The van der Waals surface area contributed by atoms with Crippen LogP contribution in [0.25, 0.3) is 16.7 Å². The molecule has 2 aliphatic heterocycles. The van der Waals surface area contributed by atoms with Gasteiger partial charge in [0.15, 0.2) is 11.6 Å². The van der Waals surface area contributed by atoms with Gasteiger partial charge in [-0.15, -0.1) is 6.42 Å². The second-order valence-electron chi connectivity index (χ2n) is 7.61. The molecule has 2 amide bonds. The van der Waals surface area contributed by atoms with E-state index in [1.54, 1.807) is 23.1 Å². The number of hydrazone groups is 1. The molecule has 0 aliphatic carbocycles. The summed E-state index contributed by atoms with van der Waals surface area (Å²) in [6.07, 6.45) is 6.46. The van der Waals surface area contributed by atoms with Crippen molar-refractivity contribution in [3.8, 4) is 12.3 Å². The molecular formula is C22H21ClN6O3. The largest absolute Gasteiger partial charge is 0.454 e. The molecule has 32 heavy (non-hydrogen) atoms. The lowest BCUT2D eigenvalue weighted by molar-refractivity contribution is -0.126. The normalized spacial score (nSPS) is 18.8. The van der Waals surface area contributed by atoms with Gasteiger partial charge in [-0.25, -0.2) is 5.43 Å². The van der Waals surface area contributed by atoms with Gasteiger partial charge in [-0.3, -0.25) is 15.0 Å². The second kappa shape index (κ2) is 8.40. The number of hydrogen-bond acceptors (Lipinski definition) is 7. The Morgan fingerprint density at radius 1 is 1.44 bits per heavy atom. The fourth-order valence-corrected chi connectivity index (χ4v) is 4.09. The van der Waals surface area contributed by atoms with Crippen LogP contribution in [0.4, 0.5) is 0 Å². The molecule has 0 saturated carbocycles. The zero-order valence-electron chi connectivity index (χ0n) is 17.3. The third kappa shape index (κ3) is 3.81. The van der Waals surface area contributed by atoms with E-state index in [-0.39, 0.29) is 29.1 Å². The maximum Gasteiger partial charge on any atom is 0.298 e. The molecule has 164 valence electrons. The predicted octanol–water partition coefficient (Wildman–Crippen LogP) is 1.74. The van der Waals surface area contributed by atoms with E-state index in [0.29, 0.717) is 48.0 Å². The van der Waals surface area contributed by atoms with Gasteiger partial charge in [0.2, 0.25) is 0 Å². The summed E-state index contributed by atoms with van der Waals surface area (Å²) in [6.45, 7) is 2.84. The monoisotopic (exact) mass is 452 g/mol. The third-order valence-electron chi connectivity index (χ3n) is 5.64. The van der Waals surface area contributed by atoms with Gasteiger partial charge in [0.25, 0.3) is 11.8 Å². The molecule has 3 heterocycles. The van der Waals surface area contributed by atoms with Crippen LogP contribution in [0.2, 0.25) is 5.02 Å². The summed E-state index contributed by atoms with van der Waals surface area (Å²) in [5.41, 5.74) is 9.93. The van der Waals surface area contributed by atoms with Crippen LogP contribution in [0.15, 0.2) is 33.3 Å². The molecule has 4 rings (SSSR count). The number of amidine groups is 1. The van der Waals surface area contributed by atoms with Gasteiger partial charge in [-0.2, -0.15) is 5.10 Å². The summed E-state index contributed by atoms with van der Waals surface area (Å²) in [5.74, 6) is 1.57. The first-order valence-corrected chi connectivity index (χ1v) is 10.4. The Hall–Kier alpha value is -3.77. The minimum Gasteiger partial charge on any atom is -0.454 e. The van der Waals surface area contributed by atoms with E-state index >= 15 is 0 Å². The molecule has 2 aromatic rings. The van der Waals surface area contributed by atoms with Crippen LogP contribution in [0, 0.1) is 24.7 Å². The molecule has 9 nitrogen and oxygen atoms in total. The van der Waals surface area contributed by atoms with Crippen LogP contribution in [-0.2, 0) is 9.59 Å². The summed E-state index contributed by atoms with van der Waals surface area (Å²) < 4.78 is 6.11. The first-order valence-electron chi connectivity index (χ1n) is 9.98. The van der Waals surface area contributed by atoms with Crippen LogP contribution < -0.4 is 16.5 Å². The molecule has 0 spiro atoms. The molecule has 1 fully saturated rings. The molecule has 10 heteroatoms. The van der Waals surface area contributed by atoms with Crippen LogP contribution in [0.1, 0.15) is 24.2 Å². The van der Waals surface area contributed by atoms with Crippen molar-refractivity contribution in [2.45, 2.75) is 25.8 Å².